The van der Waals surface area contributed by atoms with Crippen LogP contribution in [0.15, 0.2) is 29.2 Å². The Morgan fingerprint density at radius 3 is 2.78 bits per heavy atom. The van der Waals surface area contributed by atoms with E-state index >= 15 is 0 Å². The van der Waals surface area contributed by atoms with Gasteiger partial charge in [-0.15, -0.1) is 0 Å². The molecular weight excluding hydrogens is 338 g/mol. The number of alkyl halides is 1. The number of hydrogen-bond donors (Lipinski definition) is 0. The molecule has 3 nitrogen and oxygen atoms in total. The highest BCUT2D eigenvalue weighted by Gasteiger charge is 2.32. The van der Waals surface area contributed by atoms with Crippen molar-refractivity contribution in [3.8, 4) is 0 Å². The number of nitrogens with zero attached hydrogens (tertiary/aromatic N) is 1. The highest BCUT2D eigenvalue weighted by molar-refractivity contribution is 9.09. The SMILES string of the molecule is CC1CN(S(=O)(=O)c2cccc(Cl)c2)CCC1Br. The maximum absolute atomic E-state index is 12.4. The van der Waals surface area contributed by atoms with Crippen LogP contribution in [0.3, 0.4) is 0 Å². The fraction of sp³-hybridized carbons (Fsp3) is 0.500. The molecule has 1 aliphatic rings. The summed E-state index contributed by atoms with van der Waals surface area (Å²) in [5, 5.41) is 0.444. The van der Waals surface area contributed by atoms with Gasteiger partial charge in [-0.05, 0) is 30.5 Å². The maximum atomic E-state index is 12.4. The molecule has 1 saturated heterocycles. The molecule has 2 unspecified atom stereocenters. The van der Waals surface area contributed by atoms with E-state index in [0.29, 0.717) is 28.9 Å². The lowest BCUT2D eigenvalue weighted by Gasteiger charge is -2.33. The first kappa shape index (κ1) is 14.3. The molecule has 100 valence electrons. The van der Waals surface area contributed by atoms with Gasteiger partial charge in [0.05, 0.1) is 4.90 Å². The molecule has 0 aliphatic carbocycles. The smallest absolute Gasteiger partial charge is 0.207 e. The van der Waals surface area contributed by atoms with Crippen molar-refractivity contribution < 1.29 is 8.42 Å². The predicted octanol–water partition coefficient (Wildman–Crippen LogP) is 3.13. The van der Waals surface area contributed by atoms with Gasteiger partial charge in [-0.2, -0.15) is 4.31 Å². The van der Waals surface area contributed by atoms with Crippen molar-refractivity contribution in [2.45, 2.75) is 23.1 Å². The molecule has 0 N–H and O–H groups in total. The first-order valence-corrected chi connectivity index (χ1v) is 8.54. The van der Waals surface area contributed by atoms with Crippen LogP contribution >= 0.6 is 27.5 Å². The molecule has 0 radical (unpaired) electrons. The average Bonchev–Trinajstić information content (AvgIpc) is 2.32. The minimum absolute atomic E-state index is 0.273. The second kappa shape index (κ2) is 5.49. The Hall–Kier alpha value is -0.100. The molecule has 0 spiro atoms. The first-order chi connectivity index (χ1) is 8.41. The molecule has 0 saturated carbocycles. The van der Waals surface area contributed by atoms with E-state index in [1.54, 1.807) is 22.5 Å². The molecule has 1 heterocycles. The minimum Gasteiger partial charge on any atom is -0.207 e. The highest BCUT2D eigenvalue weighted by atomic mass is 79.9. The molecule has 2 rings (SSSR count). The summed E-state index contributed by atoms with van der Waals surface area (Å²) < 4.78 is 26.4. The van der Waals surface area contributed by atoms with Crippen LogP contribution in [0, 0.1) is 5.92 Å². The molecule has 0 bridgehead atoms. The lowest BCUT2D eigenvalue weighted by Crippen LogP contribution is -2.43. The van der Waals surface area contributed by atoms with Crippen molar-refractivity contribution in [2.75, 3.05) is 13.1 Å². The van der Waals surface area contributed by atoms with Crippen LogP contribution < -0.4 is 0 Å². The van der Waals surface area contributed by atoms with Gasteiger partial charge in [0.1, 0.15) is 0 Å². The predicted molar refractivity (Wildman–Crippen MR) is 76.7 cm³/mol. The molecule has 1 fully saturated rings. The Morgan fingerprint density at radius 2 is 2.17 bits per heavy atom. The lowest BCUT2D eigenvalue weighted by atomic mass is 10.0. The highest BCUT2D eigenvalue weighted by Crippen LogP contribution is 2.28. The summed E-state index contributed by atoms with van der Waals surface area (Å²) in [6.45, 7) is 3.15. The fourth-order valence-corrected chi connectivity index (χ4v) is 4.30. The number of sulfonamides is 1. The minimum atomic E-state index is -3.41. The maximum Gasteiger partial charge on any atom is 0.243 e. The van der Waals surface area contributed by atoms with Gasteiger partial charge in [0, 0.05) is 22.9 Å². The molecule has 6 heteroatoms. The third-order valence-electron chi connectivity index (χ3n) is 3.20. The number of benzene rings is 1. The van der Waals surface area contributed by atoms with Crippen LogP contribution in [0.25, 0.3) is 0 Å². The topological polar surface area (TPSA) is 37.4 Å². The van der Waals surface area contributed by atoms with Crippen molar-refractivity contribution >= 4 is 37.6 Å². The molecule has 1 aromatic carbocycles. The van der Waals surface area contributed by atoms with E-state index < -0.39 is 10.0 Å². The van der Waals surface area contributed by atoms with Crippen LogP contribution in [0.4, 0.5) is 0 Å². The second-order valence-electron chi connectivity index (χ2n) is 4.60. The quantitative estimate of drug-likeness (QED) is 0.767. The summed E-state index contributed by atoms with van der Waals surface area (Å²) in [5.41, 5.74) is 0. The van der Waals surface area contributed by atoms with Gasteiger partial charge in [0.15, 0.2) is 0 Å². The summed E-state index contributed by atoms with van der Waals surface area (Å²) in [5.74, 6) is 0.313. The monoisotopic (exact) mass is 351 g/mol. The summed E-state index contributed by atoms with van der Waals surface area (Å²) in [4.78, 5) is 0.665. The van der Waals surface area contributed by atoms with Gasteiger partial charge < -0.3 is 0 Å². The summed E-state index contributed by atoms with van der Waals surface area (Å²) in [6.07, 6.45) is 0.834. The normalized spacial score (nSPS) is 26.2. The third-order valence-corrected chi connectivity index (χ3v) is 6.65. The van der Waals surface area contributed by atoms with Crippen LogP contribution in [0.1, 0.15) is 13.3 Å². The van der Waals surface area contributed by atoms with Crippen molar-refractivity contribution in [1.82, 2.24) is 4.31 Å². The molecule has 0 aromatic heterocycles. The zero-order valence-electron chi connectivity index (χ0n) is 10.0. The summed E-state index contributed by atoms with van der Waals surface area (Å²) in [6, 6.07) is 6.43. The lowest BCUT2D eigenvalue weighted by molar-refractivity contribution is 0.292. The Balaban J connectivity index is 2.27. The fourth-order valence-electron chi connectivity index (χ4n) is 2.07. The molecule has 18 heavy (non-hydrogen) atoms. The van der Waals surface area contributed by atoms with Gasteiger partial charge in [-0.1, -0.05) is 40.5 Å². The van der Waals surface area contributed by atoms with Crippen LogP contribution in [-0.2, 0) is 10.0 Å². The van der Waals surface area contributed by atoms with Gasteiger partial charge in [0.2, 0.25) is 10.0 Å². The Morgan fingerprint density at radius 1 is 1.44 bits per heavy atom. The van der Waals surface area contributed by atoms with E-state index in [9.17, 15) is 8.42 Å². The number of rotatable bonds is 2. The van der Waals surface area contributed by atoms with Crippen molar-refractivity contribution in [3.63, 3.8) is 0 Å². The molecule has 0 amide bonds. The van der Waals surface area contributed by atoms with Crippen LogP contribution in [-0.4, -0.2) is 30.6 Å². The van der Waals surface area contributed by atoms with Gasteiger partial charge in [-0.25, -0.2) is 8.42 Å². The van der Waals surface area contributed by atoms with E-state index in [1.807, 2.05) is 0 Å². The van der Waals surface area contributed by atoms with E-state index in [-0.39, 0.29) is 4.90 Å². The summed E-state index contributed by atoms with van der Waals surface area (Å²) in [7, 11) is -3.41. The van der Waals surface area contributed by atoms with E-state index in [1.165, 1.54) is 6.07 Å². The van der Waals surface area contributed by atoms with Crippen molar-refractivity contribution in [3.05, 3.63) is 29.3 Å². The van der Waals surface area contributed by atoms with Crippen LogP contribution in [0.5, 0.6) is 0 Å². The molecule has 1 aromatic rings. The van der Waals surface area contributed by atoms with E-state index in [2.05, 4.69) is 22.9 Å². The second-order valence-corrected chi connectivity index (χ2v) is 8.15. The van der Waals surface area contributed by atoms with E-state index in [4.69, 9.17) is 11.6 Å². The third kappa shape index (κ3) is 2.90. The number of halogens is 2. The van der Waals surface area contributed by atoms with Crippen molar-refractivity contribution in [1.29, 1.82) is 0 Å². The zero-order chi connectivity index (χ0) is 13.3. The van der Waals surface area contributed by atoms with Gasteiger partial charge in [-0.3, -0.25) is 0 Å². The Bertz CT molecular complexity index is 535. The molecule has 2 atom stereocenters. The van der Waals surface area contributed by atoms with Crippen LogP contribution in [0.2, 0.25) is 5.02 Å². The molecule has 1 aliphatic heterocycles. The Kier molecular flexibility index (Phi) is 4.36. The zero-order valence-corrected chi connectivity index (χ0v) is 13.2. The standard InChI is InChI=1S/C12H15BrClNO2S/c1-9-8-15(6-5-12(9)13)18(16,17)11-4-2-3-10(14)7-11/h2-4,7,9,12H,5-6,8H2,1H3. The Labute approximate surface area is 121 Å². The van der Waals surface area contributed by atoms with Crippen molar-refractivity contribution in [2.24, 2.45) is 5.92 Å². The first-order valence-electron chi connectivity index (χ1n) is 5.81. The van der Waals surface area contributed by atoms with Gasteiger partial charge in [0.25, 0.3) is 0 Å². The average molecular weight is 353 g/mol. The van der Waals surface area contributed by atoms with E-state index in [0.717, 1.165) is 6.42 Å². The number of piperidine rings is 1. The number of hydrogen-bond acceptors (Lipinski definition) is 2. The summed E-state index contributed by atoms with van der Waals surface area (Å²) >= 11 is 9.42. The molecular formula is C12H15BrClNO2S. The van der Waals surface area contributed by atoms with Gasteiger partial charge >= 0.3 is 0 Å². The largest absolute Gasteiger partial charge is 0.243 e.